The monoisotopic (exact) mass is 501 g/mol. The molecule has 2 aliphatic carbocycles. The number of anilines is 1. The lowest BCUT2D eigenvalue weighted by atomic mass is 9.73. The first-order chi connectivity index (χ1) is 15.7. The number of hydrogen-bond acceptors (Lipinski definition) is 8. The fourth-order valence-corrected chi connectivity index (χ4v) is 5.35. The molecule has 8 nitrogen and oxygen atoms in total. The van der Waals surface area contributed by atoms with Crippen LogP contribution in [-0.2, 0) is 11.2 Å². The minimum Gasteiger partial charge on any atom is -0.507 e. The van der Waals surface area contributed by atoms with Crippen LogP contribution in [0.4, 0.5) is 9.80 Å². The zero-order valence-electron chi connectivity index (χ0n) is 17.8. The smallest absolute Gasteiger partial charge is 0.414 e. The topological polar surface area (TPSA) is 133 Å². The summed E-state index contributed by atoms with van der Waals surface area (Å²) in [5.74, 6) is -4.65. The Hall–Kier alpha value is -3.40. The van der Waals surface area contributed by atoms with E-state index in [-0.39, 0.29) is 58.6 Å². The molecule has 0 radical (unpaired) electrons. The molecule has 1 aromatic heterocycles. The quantitative estimate of drug-likeness (QED) is 0.237. The van der Waals surface area contributed by atoms with E-state index in [2.05, 4.69) is 5.32 Å². The second kappa shape index (κ2) is 8.43. The van der Waals surface area contributed by atoms with Crippen LogP contribution >= 0.6 is 23.7 Å². The Balaban J connectivity index is 0.00000274. The van der Waals surface area contributed by atoms with Crippen molar-refractivity contribution >= 4 is 46.4 Å². The Morgan fingerprint density at radius 2 is 1.68 bits per heavy atom. The number of ether oxygens (including phenoxy) is 1. The number of nitrogens with one attached hydrogen (secondary N) is 1. The number of halogens is 1. The molecule has 2 unspecified atom stereocenters. The number of rotatable bonds is 2. The first-order valence-corrected chi connectivity index (χ1v) is 11.1. The molecule has 2 aliphatic rings. The van der Waals surface area contributed by atoms with Crippen LogP contribution in [0, 0.1) is 0 Å². The summed E-state index contributed by atoms with van der Waals surface area (Å²) in [4.78, 5) is 38.5. The highest BCUT2D eigenvalue weighted by Crippen LogP contribution is 2.50. The molecule has 0 spiro atoms. The molecule has 0 aliphatic heterocycles. The summed E-state index contributed by atoms with van der Waals surface area (Å²) in [5, 5.41) is 38.0. The number of phenols is 2. The molecule has 0 saturated carbocycles. The van der Waals surface area contributed by atoms with Crippen molar-refractivity contribution in [1.29, 1.82) is 0 Å². The Bertz CT molecular complexity index is 1340. The van der Waals surface area contributed by atoms with Gasteiger partial charge < -0.3 is 20.1 Å². The van der Waals surface area contributed by atoms with E-state index in [0.717, 1.165) is 0 Å². The number of hydrogen-bond donors (Lipinski definition) is 4. The predicted molar refractivity (Wildman–Crippen MR) is 126 cm³/mol. The van der Waals surface area contributed by atoms with Gasteiger partial charge in [-0.2, -0.15) is 0 Å². The number of benzene rings is 2. The SMILES string of the molecule is CC1CC(O)(OC(=O)Nc2cccs2)Cc2c(O)c3c(c(O)c21)C(=O)c1ccccc1C3=O.Cl. The molecule has 0 fully saturated rings. The average molecular weight is 502 g/mol. The summed E-state index contributed by atoms with van der Waals surface area (Å²) in [7, 11) is 0. The summed E-state index contributed by atoms with van der Waals surface area (Å²) in [6.45, 7) is 1.66. The number of amides is 1. The Kier molecular flexibility index (Phi) is 5.89. The molecule has 3 aromatic rings. The van der Waals surface area contributed by atoms with E-state index in [1.807, 2.05) is 0 Å². The summed E-state index contributed by atoms with van der Waals surface area (Å²) in [6.07, 6.45) is -1.32. The van der Waals surface area contributed by atoms with Crippen molar-refractivity contribution in [2.24, 2.45) is 0 Å². The Morgan fingerprint density at radius 3 is 2.26 bits per heavy atom. The van der Waals surface area contributed by atoms with Crippen LogP contribution in [0.15, 0.2) is 41.8 Å². The third-order valence-electron chi connectivity index (χ3n) is 6.06. The predicted octanol–water partition coefficient (Wildman–Crippen LogP) is 4.34. The molecule has 5 rings (SSSR count). The van der Waals surface area contributed by atoms with Crippen LogP contribution in [0.1, 0.15) is 62.2 Å². The van der Waals surface area contributed by atoms with Crippen LogP contribution < -0.4 is 5.32 Å². The van der Waals surface area contributed by atoms with Crippen molar-refractivity contribution in [2.75, 3.05) is 5.32 Å². The number of thiophene rings is 1. The molecule has 0 bridgehead atoms. The molecular formula is C24H20ClNO7S. The lowest BCUT2D eigenvalue weighted by Crippen LogP contribution is -2.43. The maximum atomic E-state index is 13.1. The van der Waals surface area contributed by atoms with Crippen molar-refractivity contribution in [2.45, 2.75) is 31.5 Å². The van der Waals surface area contributed by atoms with E-state index in [1.165, 1.54) is 23.5 Å². The van der Waals surface area contributed by atoms with E-state index >= 15 is 0 Å². The van der Waals surface area contributed by atoms with E-state index in [1.54, 1.807) is 36.6 Å². The van der Waals surface area contributed by atoms with E-state index in [9.17, 15) is 29.7 Å². The molecule has 34 heavy (non-hydrogen) atoms. The number of fused-ring (bicyclic) bond motifs is 3. The Labute approximate surface area is 204 Å². The summed E-state index contributed by atoms with van der Waals surface area (Å²) in [5.41, 5.74) is 0.0299. The standard InChI is InChI=1S/C24H19NO7S.ClH/c1-11-9-24(31,32-23(30)25-15-7-4-8-33-15)10-14-16(11)22(29)18-17(21(14)28)19(26)12-5-2-3-6-13(12)20(18)27;/h2-8,11,28-29,31H,9-10H2,1H3,(H,25,30);1H. The molecule has 176 valence electrons. The largest absolute Gasteiger partial charge is 0.507 e. The maximum absolute atomic E-state index is 13.1. The Morgan fingerprint density at radius 1 is 1.06 bits per heavy atom. The summed E-state index contributed by atoms with van der Waals surface area (Å²) < 4.78 is 5.29. The number of aromatic hydroxyl groups is 2. The highest BCUT2D eigenvalue weighted by Gasteiger charge is 2.46. The van der Waals surface area contributed by atoms with Crippen molar-refractivity contribution in [3.8, 4) is 11.5 Å². The molecule has 1 heterocycles. The third kappa shape index (κ3) is 3.62. The number of aliphatic hydroxyl groups is 1. The average Bonchev–Trinajstić information content (AvgIpc) is 3.26. The summed E-state index contributed by atoms with van der Waals surface area (Å²) >= 11 is 1.28. The second-order valence-electron chi connectivity index (χ2n) is 8.26. The number of phenolic OH excluding ortho intramolecular Hbond substituents is 2. The normalized spacial score (nSPS) is 20.5. The fourth-order valence-electron chi connectivity index (χ4n) is 4.75. The third-order valence-corrected chi connectivity index (χ3v) is 6.85. The number of ketones is 2. The van der Waals surface area contributed by atoms with E-state index < -0.39 is 40.9 Å². The molecule has 10 heteroatoms. The zero-order chi connectivity index (χ0) is 23.5. The number of carbonyl (C=O) groups excluding carboxylic acids is 3. The van der Waals surface area contributed by atoms with Crippen LogP contribution in [0.5, 0.6) is 11.5 Å². The van der Waals surface area contributed by atoms with Crippen molar-refractivity contribution in [1.82, 2.24) is 0 Å². The molecular weight excluding hydrogens is 482 g/mol. The van der Waals surface area contributed by atoms with Gasteiger partial charge in [0, 0.05) is 35.1 Å². The van der Waals surface area contributed by atoms with Gasteiger partial charge >= 0.3 is 6.09 Å². The summed E-state index contributed by atoms with van der Waals surface area (Å²) in [6, 6.07) is 9.61. The van der Waals surface area contributed by atoms with Crippen molar-refractivity contribution in [3.05, 3.63) is 75.2 Å². The van der Waals surface area contributed by atoms with Crippen molar-refractivity contribution < 1.29 is 34.4 Å². The molecule has 2 aromatic carbocycles. The molecule has 4 N–H and O–H groups in total. The fraction of sp³-hybridized carbons (Fsp3) is 0.208. The lowest BCUT2D eigenvalue weighted by Gasteiger charge is -2.37. The number of carbonyl (C=O) groups is 3. The molecule has 1 amide bonds. The highest BCUT2D eigenvalue weighted by molar-refractivity contribution is 7.14. The minimum atomic E-state index is -1.99. The van der Waals surface area contributed by atoms with Gasteiger partial charge in [0.25, 0.3) is 0 Å². The second-order valence-corrected chi connectivity index (χ2v) is 9.21. The van der Waals surface area contributed by atoms with E-state index in [0.29, 0.717) is 5.00 Å². The lowest BCUT2D eigenvalue weighted by molar-refractivity contribution is -0.168. The zero-order valence-corrected chi connectivity index (χ0v) is 19.5. The van der Waals surface area contributed by atoms with Crippen LogP contribution in [0.2, 0.25) is 0 Å². The van der Waals surface area contributed by atoms with Gasteiger partial charge in [-0.1, -0.05) is 31.2 Å². The van der Waals surface area contributed by atoms with Crippen molar-refractivity contribution in [3.63, 3.8) is 0 Å². The first-order valence-electron chi connectivity index (χ1n) is 10.2. The van der Waals surface area contributed by atoms with Gasteiger partial charge in [0.2, 0.25) is 5.79 Å². The minimum absolute atomic E-state index is 0. The van der Waals surface area contributed by atoms with Crippen LogP contribution in [0.3, 0.4) is 0 Å². The first kappa shape index (κ1) is 23.7. The van der Waals surface area contributed by atoms with Gasteiger partial charge in [0.15, 0.2) is 11.6 Å². The van der Waals surface area contributed by atoms with E-state index in [4.69, 9.17) is 4.74 Å². The van der Waals surface area contributed by atoms with Gasteiger partial charge in [0.05, 0.1) is 16.1 Å². The van der Waals surface area contributed by atoms with Crippen LogP contribution in [0.25, 0.3) is 0 Å². The van der Waals surface area contributed by atoms with Gasteiger partial charge in [-0.3, -0.25) is 14.9 Å². The van der Waals surface area contributed by atoms with Crippen LogP contribution in [-0.4, -0.2) is 38.8 Å². The van der Waals surface area contributed by atoms with Gasteiger partial charge in [-0.05, 0) is 23.4 Å². The maximum Gasteiger partial charge on any atom is 0.414 e. The van der Waals surface area contributed by atoms with Gasteiger partial charge in [-0.25, -0.2) is 4.79 Å². The molecule has 0 saturated heterocycles. The highest BCUT2D eigenvalue weighted by atomic mass is 35.5. The van der Waals surface area contributed by atoms with Gasteiger partial charge in [-0.15, -0.1) is 23.7 Å². The van der Waals surface area contributed by atoms with Gasteiger partial charge in [0.1, 0.15) is 11.5 Å². The molecule has 2 atom stereocenters.